The third-order valence-electron chi connectivity index (χ3n) is 3.44. The number of hydrogen-bond donors (Lipinski definition) is 1. The smallest absolute Gasteiger partial charge is 0.221 e. The first-order valence-corrected chi connectivity index (χ1v) is 8.15. The average molecular weight is 381 g/mol. The lowest BCUT2D eigenvalue weighted by Crippen LogP contribution is -2.13. The van der Waals surface area contributed by atoms with Gasteiger partial charge in [0.05, 0.1) is 27.8 Å². The quantitative estimate of drug-likeness (QED) is 0.723. The van der Waals surface area contributed by atoms with E-state index in [1.165, 1.54) is 0 Å². The van der Waals surface area contributed by atoms with Gasteiger partial charge in [0.15, 0.2) is 0 Å². The van der Waals surface area contributed by atoms with Gasteiger partial charge in [0, 0.05) is 22.3 Å². The number of halogens is 3. The lowest BCUT2D eigenvalue weighted by atomic mass is 10.1. The van der Waals surface area contributed by atoms with E-state index in [0.717, 1.165) is 11.3 Å². The fourth-order valence-electron chi connectivity index (χ4n) is 2.34. The second-order valence-electron chi connectivity index (χ2n) is 5.20. The van der Waals surface area contributed by atoms with E-state index < -0.39 is 5.91 Å². The van der Waals surface area contributed by atoms with Gasteiger partial charge in [-0.3, -0.25) is 4.79 Å². The van der Waals surface area contributed by atoms with Crippen molar-refractivity contribution in [2.24, 2.45) is 5.73 Å². The Balaban J connectivity index is 2.11. The Hall–Kier alpha value is -2.01. The van der Waals surface area contributed by atoms with E-state index in [4.69, 9.17) is 40.5 Å². The summed E-state index contributed by atoms with van der Waals surface area (Å²) in [5, 5.41) is 6.07. The van der Waals surface area contributed by atoms with E-state index in [1.807, 2.05) is 12.1 Å². The molecule has 0 spiro atoms. The number of carbonyl (C=O) groups is 1. The number of nitrogens with two attached hydrogens (primary N) is 1. The molecule has 3 rings (SSSR count). The van der Waals surface area contributed by atoms with E-state index >= 15 is 0 Å². The highest BCUT2D eigenvalue weighted by molar-refractivity contribution is 6.42. The van der Waals surface area contributed by atoms with Gasteiger partial charge in [-0.05, 0) is 36.4 Å². The molecule has 0 saturated heterocycles. The third-order valence-corrected chi connectivity index (χ3v) is 4.43. The highest BCUT2D eigenvalue weighted by atomic mass is 35.5. The van der Waals surface area contributed by atoms with E-state index in [9.17, 15) is 4.79 Å². The molecule has 1 heterocycles. The number of aromatic nitrogens is 2. The number of amides is 1. The Morgan fingerprint density at radius 3 is 2.38 bits per heavy atom. The molecule has 0 aliphatic carbocycles. The Labute approximate surface area is 153 Å². The zero-order chi connectivity index (χ0) is 17.3. The first-order valence-electron chi connectivity index (χ1n) is 7.02. The highest BCUT2D eigenvalue weighted by Crippen LogP contribution is 2.30. The molecule has 3 aromatic rings. The second-order valence-corrected chi connectivity index (χ2v) is 6.45. The molecule has 2 N–H and O–H groups in total. The van der Waals surface area contributed by atoms with Crippen molar-refractivity contribution in [2.45, 2.75) is 6.42 Å². The van der Waals surface area contributed by atoms with Crippen molar-refractivity contribution >= 4 is 40.7 Å². The topological polar surface area (TPSA) is 60.9 Å². The molecule has 1 aromatic heterocycles. The minimum absolute atomic E-state index is 0.0726. The lowest BCUT2D eigenvalue weighted by Gasteiger charge is -2.03. The molecular weight excluding hydrogens is 369 g/mol. The molecule has 4 nitrogen and oxygen atoms in total. The molecule has 0 saturated carbocycles. The van der Waals surface area contributed by atoms with Crippen LogP contribution in [0.4, 0.5) is 0 Å². The van der Waals surface area contributed by atoms with Crippen LogP contribution in [0.3, 0.4) is 0 Å². The van der Waals surface area contributed by atoms with E-state index in [1.54, 1.807) is 41.2 Å². The maximum Gasteiger partial charge on any atom is 0.221 e. The first kappa shape index (κ1) is 16.8. The summed E-state index contributed by atoms with van der Waals surface area (Å²) in [7, 11) is 0. The van der Waals surface area contributed by atoms with E-state index in [-0.39, 0.29) is 6.42 Å². The van der Waals surface area contributed by atoms with Crippen LogP contribution < -0.4 is 5.73 Å². The lowest BCUT2D eigenvalue weighted by molar-refractivity contribution is -0.117. The monoisotopic (exact) mass is 379 g/mol. The van der Waals surface area contributed by atoms with Gasteiger partial charge in [0.25, 0.3) is 0 Å². The average Bonchev–Trinajstić information content (AvgIpc) is 2.94. The number of primary amides is 1. The minimum atomic E-state index is -0.438. The van der Waals surface area contributed by atoms with Gasteiger partial charge in [0.2, 0.25) is 5.91 Å². The van der Waals surface area contributed by atoms with Crippen LogP contribution in [0.5, 0.6) is 0 Å². The normalized spacial score (nSPS) is 10.8. The van der Waals surface area contributed by atoms with Crippen molar-refractivity contribution in [3.05, 3.63) is 69.3 Å². The number of carbonyl (C=O) groups excluding carboxylic acids is 1. The van der Waals surface area contributed by atoms with Crippen LogP contribution in [0.15, 0.2) is 48.7 Å². The van der Waals surface area contributed by atoms with Crippen LogP contribution >= 0.6 is 34.8 Å². The molecule has 0 bridgehead atoms. The van der Waals surface area contributed by atoms with Crippen LogP contribution in [0.2, 0.25) is 15.1 Å². The van der Waals surface area contributed by atoms with Crippen molar-refractivity contribution in [1.82, 2.24) is 9.78 Å². The van der Waals surface area contributed by atoms with Gasteiger partial charge in [-0.2, -0.15) is 5.10 Å². The summed E-state index contributed by atoms with van der Waals surface area (Å²) in [5.41, 5.74) is 8.26. The maximum atomic E-state index is 11.4. The van der Waals surface area contributed by atoms with Gasteiger partial charge in [-0.15, -0.1) is 0 Å². The zero-order valence-corrected chi connectivity index (χ0v) is 14.6. The fraction of sp³-hybridized carbons (Fsp3) is 0.0588. The van der Waals surface area contributed by atoms with Crippen LogP contribution in [0.1, 0.15) is 5.56 Å². The highest BCUT2D eigenvalue weighted by Gasteiger charge is 2.15. The van der Waals surface area contributed by atoms with Crippen LogP contribution in [0, 0.1) is 0 Å². The molecule has 24 heavy (non-hydrogen) atoms. The predicted octanol–water partition coefficient (Wildman–Crippen LogP) is 4.53. The summed E-state index contributed by atoms with van der Waals surface area (Å²) < 4.78 is 1.67. The van der Waals surface area contributed by atoms with Gasteiger partial charge in [-0.25, -0.2) is 4.68 Å². The molecule has 0 fully saturated rings. The molecule has 0 radical (unpaired) electrons. The van der Waals surface area contributed by atoms with E-state index in [0.29, 0.717) is 26.3 Å². The van der Waals surface area contributed by atoms with Gasteiger partial charge in [-0.1, -0.05) is 40.9 Å². The molecule has 122 valence electrons. The van der Waals surface area contributed by atoms with Crippen LogP contribution in [-0.4, -0.2) is 15.7 Å². The molecule has 0 unspecified atom stereocenters. The second kappa shape index (κ2) is 6.85. The standard InChI is InChI=1S/C17H12Cl3N3O/c18-12-2-4-13(5-3-12)23-9-11(8-16(21)24)17(22-23)10-1-6-14(19)15(20)7-10/h1-7,9H,8H2,(H2,21,24). The van der Waals surface area contributed by atoms with Gasteiger partial charge < -0.3 is 5.73 Å². The fourth-order valence-corrected chi connectivity index (χ4v) is 2.76. The zero-order valence-electron chi connectivity index (χ0n) is 12.3. The molecule has 0 aliphatic rings. The molecule has 0 aliphatic heterocycles. The largest absolute Gasteiger partial charge is 0.369 e. The summed E-state index contributed by atoms with van der Waals surface area (Å²) in [6.45, 7) is 0. The molecule has 2 aromatic carbocycles. The Morgan fingerprint density at radius 2 is 1.75 bits per heavy atom. The van der Waals surface area contributed by atoms with Crippen molar-refractivity contribution in [3.63, 3.8) is 0 Å². The summed E-state index contributed by atoms with van der Waals surface area (Å²) >= 11 is 18.0. The Kier molecular flexibility index (Phi) is 4.81. The summed E-state index contributed by atoms with van der Waals surface area (Å²) in [6.07, 6.45) is 1.84. The van der Waals surface area contributed by atoms with Gasteiger partial charge >= 0.3 is 0 Å². The number of hydrogen-bond acceptors (Lipinski definition) is 2. The Morgan fingerprint density at radius 1 is 1.04 bits per heavy atom. The summed E-state index contributed by atoms with van der Waals surface area (Å²) in [4.78, 5) is 11.4. The molecule has 1 amide bonds. The Bertz CT molecular complexity index is 904. The predicted molar refractivity (Wildman–Crippen MR) is 96.9 cm³/mol. The van der Waals surface area contributed by atoms with Gasteiger partial charge in [0.1, 0.15) is 0 Å². The first-order chi connectivity index (χ1) is 11.4. The van der Waals surface area contributed by atoms with E-state index in [2.05, 4.69) is 5.10 Å². The summed E-state index contributed by atoms with van der Waals surface area (Å²) in [5.74, 6) is -0.438. The molecule has 7 heteroatoms. The SMILES string of the molecule is NC(=O)Cc1cn(-c2ccc(Cl)cc2)nc1-c1ccc(Cl)c(Cl)c1. The van der Waals surface area contributed by atoms with Crippen molar-refractivity contribution in [3.8, 4) is 16.9 Å². The van der Waals surface area contributed by atoms with Crippen molar-refractivity contribution in [2.75, 3.05) is 0 Å². The maximum absolute atomic E-state index is 11.4. The summed E-state index contributed by atoms with van der Waals surface area (Å²) in [6, 6.07) is 12.4. The van der Waals surface area contributed by atoms with Crippen molar-refractivity contribution < 1.29 is 4.79 Å². The number of rotatable bonds is 4. The van der Waals surface area contributed by atoms with Crippen LogP contribution in [-0.2, 0) is 11.2 Å². The molecular formula is C17H12Cl3N3O. The number of nitrogens with zero attached hydrogens (tertiary/aromatic N) is 2. The van der Waals surface area contributed by atoms with Crippen LogP contribution in [0.25, 0.3) is 16.9 Å². The minimum Gasteiger partial charge on any atom is -0.369 e. The number of benzene rings is 2. The molecule has 0 atom stereocenters. The third kappa shape index (κ3) is 3.56. The van der Waals surface area contributed by atoms with Crippen molar-refractivity contribution in [1.29, 1.82) is 0 Å².